The first-order valence-electron chi connectivity index (χ1n) is 6.08. The van der Waals surface area contributed by atoms with Gasteiger partial charge in [-0.2, -0.15) is 0 Å². The average Bonchev–Trinajstić information content (AvgIpc) is 2.89. The van der Waals surface area contributed by atoms with E-state index in [0.29, 0.717) is 34.8 Å². The summed E-state index contributed by atoms with van der Waals surface area (Å²) in [6.07, 6.45) is -0.398. The molecule has 7 nitrogen and oxygen atoms in total. The molecule has 0 saturated carbocycles. The number of ether oxygens (including phenoxy) is 2. The third-order valence-corrected chi connectivity index (χ3v) is 3.95. The van der Waals surface area contributed by atoms with E-state index in [1.54, 1.807) is 4.68 Å². The molecule has 4 rings (SSSR count). The topological polar surface area (TPSA) is 78.3 Å². The van der Waals surface area contributed by atoms with Gasteiger partial charge in [-0.05, 0) is 12.1 Å². The third kappa shape index (κ3) is 1.80. The quantitative estimate of drug-likeness (QED) is 0.843. The minimum absolute atomic E-state index is 0.0827. The maximum absolute atomic E-state index is 11.5. The second-order valence-corrected chi connectivity index (χ2v) is 5.31. The standard InChI is InChI=1S/C12H10N4O3S/c17-10-6-20-12-14-13-11(16(12)15-10)9-5-18-7-3-1-2-4-8(7)19-9/h1-4,9H,5-6H2,(H,15,17)/t9-/m1/s1. The lowest BCUT2D eigenvalue weighted by molar-refractivity contribution is -0.115. The Labute approximate surface area is 118 Å². The number of hydrogen-bond donors (Lipinski definition) is 1. The first-order valence-corrected chi connectivity index (χ1v) is 7.06. The van der Waals surface area contributed by atoms with Crippen LogP contribution in [-0.4, -0.2) is 33.1 Å². The molecule has 1 amide bonds. The zero-order chi connectivity index (χ0) is 13.5. The van der Waals surface area contributed by atoms with E-state index in [-0.39, 0.29) is 5.91 Å². The predicted molar refractivity (Wildman–Crippen MR) is 70.4 cm³/mol. The van der Waals surface area contributed by atoms with Crippen molar-refractivity contribution in [2.24, 2.45) is 0 Å². The molecule has 0 spiro atoms. The molecule has 102 valence electrons. The molecule has 1 aromatic carbocycles. The largest absolute Gasteiger partial charge is 0.485 e. The van der Waals surface area contributed by atoms with Crippen LogP contribution in [0.15, 0.2) is 29.4 Å². The Morgan fingerprint density at radius 1 is 1.30 bits per heavy atom. The van der Waals surface area contributed by atoms with E-state index in [1.165, 1.54) is 11.8 Å². The molecule has 1 atom stereocenters. The van der Waals surface area contributed by atoms with E-state index < -0.39 is 6.10 Å². The van der Waals surface area contributed by atoms with Crippen LogP contribution in [0.25, 0.3) is 0 Å². The molecule has 3 heterocycles. The summed E-state index contributed by atoms with van der Waals surface area (Å²) in [6.45, 7) is 0.329. The maximum atomic E-state index is 11.5. The van der Waals surface area contributed by atoms with Crippen LogP contribution in [0.5, 0.6) is 11.5 Å². The van der Waals surface area contributed by atoms with E-state index in [1.807, 2.05) is 24.3 Å². The van der Waals surface area contributed by atoms with Crippen molar-refractivity contribution >= 4 is 17.7 Å². The number of thioether (sulfide) groups is 1. The first kappa shape index (κ1) is 11.6. The molecule has 1 N–H and O–H groups in total. The van der Waals surface area contributed by atoms with Gasteiger partial charge in [-0.1, -0.05) is 23.9 Å². The summed E-state index contributed by atoms with van der Waals surface area (Å²) in [5.41, 5.74) is 2.73. The molecule has 2 aliphatic rings. The van der Waals surface area contributed by atoms with Gasteiger partial charge in [0.1, 0.15) is 6.61 Å². The number of nitrogens with one attached hydrogen (secondary N) is 1. The van der Waals surface area contributed by atoms with Crippen molar-refractivity contribution in [3.8, 4) is 11.5 Å². The first-order chi connectivity index (χ1) is 9.81. The number of para-hydroxylation sites is 2. The van der Waals surface area contributed by atoms with Crippen molar-refractivity contribution < 1.29 is 14.3 Å². The fourth-order valence-corrected chi connectivity index (χ4v) is 2.81. The Morgan fingerprint density at radius 3 is 3.05 bits per heavy atom. The molecule has 0 fully saturated rings. The number of aromatic nitrogens is 3. The minimum atomic E-state index is -0.398. The van der Waals surface area contributed by atoms with E-state index in [2.05, 4.69) is 15.6 Å². The molecule has 0 unspecified atom stereocenters. The summed E-state index contributed by atoms with van der Waals surface area (Å²) in [7, 11) is 0. The van der Waals surface area contributed by atoms with Gasteiger partial charge < -0.3 is 9.47 Å². The van der Waals surface area contributed by atoms with Crippen molar-refractivity contribution in [3.63, 3.8) is 0 Å². The summed E-state index contributed by atoms with van der Waals surface area (Å²) >= 11 is 1.35. The fraction of sp³-hybridized carbons (Fsp3) is 0.250. The molecule has 0 radical (unpaired) electrons. The van der Waals surface area contributed by atoms with Crippen LogP contribution in [0.4, 0.5) is 0 Å². The van der Waals surface area contributed by atoms with Gasteiger partial charge in [-0.15, -0.1) is 10.2 Å². The Morgan fingerprint density at radius 2 is 2.15 bits per heavy atom. The third-order valence-electron chi connectivity index (χ3n) is 3.02. The van der Waals surface area contributed by atoms with Gasteiger partial charge in [0.25, 0.3) is 0 Å². The van der Waals surface area contributed by atoms with Gasteiger partial charge in [0.15, 0.2) is 23.4 Å². The normalized spacial score (nSPS) is 20.2. The molecule has 8 heteroatoms. The lowest BCUT2D eigenvalue weighted by Crippen LogP contribution is -2.33. The van der Waals surface area contributed by atoms with Gasteiger partial charge in [0, 0.05) is 0 Å². The van der Waals surface area contributed by atoms with Gasteiger partial charge in [0.05, 0.1) is 5.75 Å². The van der Waals surface area contributed by atoms with Gasteiger partial charge in [-0.3, -0.25) is 10.2 Å². The smallest absolute Gasteiger partial charge is 0.249 e. The monoisotopic (exact) mass is 290 g/mol. The number of nitrogens with zero attached hydrogens (tertiary/aromatic N) is 3. The zero-order valence-electron chi connectivity index (χ0n) is 10.3. The van der Waals surface area contributed by atoms with E-state index >= 15 is 0 Å². The summed E-state index contributed by atoms with van der Waals surface area (Å²) in [4.78, 5) is 11.5. The second kappa shape index (κ2) is 4.41. The van der Waals surface area contributed by atoms with Crippen LogP contribution in [0.2, 0.25) is 0 Å². The highest BCUT2D eigenvalue weighted by atomic mass is 32.2. The minimum Gasteiger partial charge on any atom is -0.485 e. The van der Waals surface area contributed by atoms with Crippen molar-refractivity contribution in [1.29, 1.82) is 0 Å². The second-order valence-electron chi connectivity index (χ2n) is 4.36. The van der Waals surface area contributed by atoms with Crippen molar-refractivity contribution in [3.05, 3.63) is 30.1 Å². The zero-order valence-corrected chi connectivity index (χ0v) is 11.1. The summed E-state index contributed by atoms with van der Waals surface area (Å²) < 4.78 is 13.1. The molecular formula is C12H10N4O3S. The van der Waals surface area contributed by atoms with Crippen LogP contribution in [0.1, 0.15) is 11.9 Å². The Hall–Kier alpha value is -2.22. The predicted octanol–water partition coefficient (Wildman–Crippen LogP) is 0.966. The van der Waals surface area contributed by atoms with Gasteiger partial charge in [-0.25, -0.2) is 4.68 Å². The Kier molecular flexibility index (Phi) is 2.56. The molecule has 20 heavy (non-hydrogen) atoms. The Balaban J connectivity index is 1.67. The molecule has 0 bridgehead atoms. The SMILES string of the molecule is O=C1CSc2nnc([C@H]3COc4ccccc4O3)n2N1. The van der Waals surface area contributed by atoms with Crippen molar-refractivity contribution in [2.75, 3.05) is 17.8 Å². The molecule has 0 saturated heterocycles. The number of rotatable bonds is 1. The fourth-order valence-electron chi connectivity index (χ4n) is 2.12. The summed E-state index contributed by atoms with van der Waals surface area (Å²) in [5.74, 6) is 2.18. The number of carbonyl (C=O) groups excluding carboxylic acids is 1. The van der Waals surface area contributed by atoms with Crippen LogP contribution < -0.4 is 14.9 Å². The lowest BCUT2D eigenvalue weighted by Gasteiger charge is -2.26. The van der Waals surface area contributed by atoms with Crippen LogP contribution in [-0.2, 0) is 4.79 Å². The van der Waals surface area contributed by atoms with E-state index in [9.17, 15) is 4.79 Å². The van der Waals surface area contributed by atoms with Gasteiger partial charge >= 0.3 is 0 Å². The number of fused-ring (bicyclic) bond motifs is 2. The molecular weight excluding hydrogens is 280 g/mol. The van der Waals surface area contributed by atoms with Crippen LogP contribution in [0.3, 0.4) is 0 Å². The number of benzene rings is 1. The highest BCUT2D eigenvalue weighted by Gasteiger charge is 2.30. The highest BCUT2D eigenvalue weighted by Crippen LogP contribution is 2.36. The molecule has 0 aliphatic carbocycles. The summed E-state index contributed by atoms with van der Waals surface area (Å²) in [5, 5.41) is 8.80. The lowest BCUT2D eigenvalue weighted by atomic mass is 10.2. The van der Waals surface area contributed by atoms with Gasteiger partial charge in [0.2, 0.25) is 11.1 Å². The average molecular weight is 290 g/mol. The maximum Gasteiger partial charge on any atom is 0.249 e. The van der Waals surface area contributed by atoms with E-state index in [0.717, 1.165) is 0 Å². The highest BCUT2D eigenvalue weighted by molar-refractivity contribution is 7.99. The molecule has 2 aliphatic heterocycles. The number of carbonyl (C=O) groups is 1. The summed E-state index contributed by atoms with van der Waals surface area (Å²) in [6, 6.07) is 7.45. The van der Waals surface area contributed by atoms with Crippen LogP contribution in [0, 0.1) is 0 Å². The van der Waals surface area contributed by atoms with Crippen molar-refractivity contribution in [1.82, 2.24) is 14.9 Å². The number of hydrogen-bond acceptors (Lipinski definition) is 6. The van der Waals surface area contributed by atoms with Crippen molar-refractivity contribution in [2.45, 2.75) is 11.3 Å². The van der Waals surface area contributed by atoms with Crippen LogP contribution >= 0.6 is 11.8 Å². The molecule has 2 aromatic rings. The molecule has 1 aromatic heterocycles. The van der Waals surface area contributed by atoms with E-state index in [4.69, 9.17) is 9.47 Å². The Bertz CT molecular complexity index is 687. The number of amides is 1.